The molecule has 0 bridgehead atoms. The van der Waals surface area contributed by atoms with Crippen molar-refractivity contribution in [2.24, 2.45) is 5.41 Å². The third-order valence-corrected chi connectivity index (χ3v) is 4.40. The number of benzene rings is 1. The fourth-order valence-electron chi connectivity index (χ4n) is 3.12. The lowest BCUT2D eigenvalue weighted by Gasteiger charge is -2.21. The monoisotopic (exact) mass is 327 g/mol. The Morgan fingerprint density at radius 3 is 2.79 bits per heavy atom. The van der Waals surface area contributed by atoms with Gasteiger partial charge in [0.05, 0.1) is 13.2 Å². The highest BCUT2D eigenvalue weighted by molar-refractivity contribution is 5.94. The third kappa shape index (κ3) is 2.72. The van der Waals surface area contributed by atoms with Crippen molar-refractivity contribution in [2.45, 2.75) is 26.7 Å². The molecular weight excluding hydrogens is 306 g/mol. The van der Waals surface area contributed by atoms with Crippen LogP contribution in [0.1, 0.15) is 36.5 Å². The number of nitrogens with one attached hydrogen (secondary N) is 2. The number of aromatic nitrogens is 2. The summed E-state index contributed by atoms with van der Waals surface area (Å²) in [5.74, 6) is 2.04. The molecule has 3 heterocycles. The van der Waals surface area contributed by atoms with E-state index in [0.29, 0.717) is 31.3 Å². The number of rotatable bonds is 1. The predicted octanol–water partition coefficient (Wildman–Crippen LogP) is 2.55. The summed E-state index contributed by atoms with van der Waals surface area (Å²) in [6, 6.07) is 5.75. The van der Waals surface area contributed by atoms with Crippen LogP contribution in [0.15, 0.2) is 18.2 Å². The van der Waals surface area contributed by atoms with Gasteiger partial charge in [-0.2, -0.15) is 0 Å². The Bertz CT molecular complexity index is 795. The first-order valence-electron chi connectivity index (χ1n) is 8.29. The summed E-state index contributed by atoms with van der Waals surface area (Å²) in [5, 5.41) is 2.95. The van der Waals surface area contributed by atoms with E-state index in [1.165, 1.54) is 0 Å². The Morgan fingerprint density at radius 2 is 1.96 bits per heavy atom. The molecule has 4 rings (SSSR count). The van der Waals surface area contributed by atoms with Crippen molar-refractivity contribution in [3.8, 4) is 22.9 Å². The maximum Gasteiger partial charge on any atom is 0.271 e. The van der Waals surface area contributed by atoms with E-state index in [1.807, 2.05) is 18.2 Å². The molecule has 0 unspecified atom stereocenters. The van der Waals surface area contributed by atoms with Gasteiger partial charge in [0, 0.05) is 24.2 Å². The minimum atomic E-state index is -0.118. The first kappa shape index (κ1) is 15.1. The quantitative estimate of drug-likeness (QED) is 0.844. The molecular formula is C18H21N3O3. The number of H-pyrrole nitrogens is 1. The molecule has 0 spiro atoms. The van der Waals surface area contributed by atoms with Crippen molar-refractivity contribution in [1.29, 1.82) is 0 Å². The standard InChI is InChI=1S/C18H21N3O3/c1-18(2)9-12-15(17(22)19-10-18)21-16(20-12)11-4-5-13-14(8-11)24-7-3-6-23-13/h4-5,8H,3,6-7,9-10H2,1-2H3,(H,19,22)(H,20,21). The topological polar surface area (TPSA) is 76.2 Å². The number of carbonyl (C=O) groups excluding carboxylic acids is 1. The van der Waals surface area contributed by atoms with Crippen LogP contribution < -0.4 is 14.8 Å². The van der Waals surface area contributed by atoms with Gasteiger partial charge in [0.25, 0.3) is 5.91 Å². The van der Waals surface area contributed by atoms with Crippen LogP contribution in [0.25, 0.3) is 11.4 Å². The first-order chi connectivity index (χ1) is 11.5. The molecule has 6 nitrogen and oxygen atoms in total. The molecule has 24 heavy (non-hydrogen) atoms. The second-order valence-electron chi connectivity index (χ2n) is 7.15. The summed E-state index contributed by atoms with van der Waals surface area (Å²) >= 11 is 0. The minimum Gasteiger partial charge on any atom is -0.490 e. The van der Waals surface area contributed by atoms with Crippen LogP contribution in [0, 0.1) is 5.41 Å². The van der Waals surface area contributed by atoms with Gasteiger partial charge < -0.3 is 19.8 Å². The van der Waals surface area contributed by atoms with E-state index in [1.54, 1.807) is 0 Å². The van der Waals surface area contributed by atoms with E-state index in [4.69, 9.17) is 9.47 Å². The van der Waals surface area contributed by atoms with Crippen LogP contribution >= 0.6 is 0 Å². The Balaban J connectivity index is 1.72. The molecule has 0 saturated heterocycles. The average Bonchev–Trinajstić information content (AvgIpc) is 2.75. The molecule has 0 atom stereocenters. The molecule has 1 aromatic heterocycles. The van der Waals surface area contributed by atoms with Crippen molar-refractivity contribution in [2.75, 3.05) is 19.8 Å². The zero-order valence-corrected chi connectivity index (χ0v) is 13.9. The molecule has 0 radical (unpaired) electrons. The largest absolute Gasteiger partial charge is 0.490 e. The maximum atomic E-state index is 12.3. The van der Waals surface area contributed by atoms with E-state index in [0.717, 1.165) is 35.6 Å². The van der Waals surface area contributed by atoms with Gasteiger partial charge in [-0.05, 0) is 30.0 Å². The van der Waals surface area contributed by atoms with Crippen molar-refractivity contribution < 1.29 is 14.3 Å². The number of hydrogen-bond acceptors (Lipinski definition) is 4. The van der Waals surface area contributed by atoms with Crippen LogP contribution in [-0.4, -0.2) is 35.6 Å². The molecule has 2 aliphatic heterocycles. The second kappa shape index (κ2) is 5.54. The number of amides is 1. The molecule has 0 saturated carbocycles. The Morgan fingerprint density at radius 1 is 1.17 bits per heavy atom. The van der Waals surface area contributed by atoms with E-state index >= 15 is 0 Å². The summed E-state index contributed by atoms with van der Waals surface area (Å²) in [6.07, 6.45) is 1.65. The number of fused-ring (bicyclic) bond motifs is 2. The van der Waals surface area contributed by atoms with Crippen LogP contribution in [0.2, 0.25) is 0 Å². The van der Waals surface area contributed by atoms with Gasteiger partial charge in [0.2, 0.25) is 0 Å². The molecule has 1 aromatic carbocycles. The van der Waals surface area contributed by atoms with Crippen molar-refractivity contribution in [3.63, 3.8) is 0 Å². The van der Waals surface area contributed by atoms with Crippen LogP contribution in [0.3, 0.4) is 0 Å². The van der Waals surface area contributed by atoms with Gasteiger partial charge in [-0.15, -0.1) is 0 Å². The molecule has 2 aliphatic rings. The normalized spacial score (nSPS) is 19.0. The van der Waals surface area contributed by atoms with Gasteiger partial charge in [0.1, 0.15) is 11.5 Å². The summed E-state index contributed by atoms with van der Waals surface area (Å²) in [6.45, 7) is 6.22. The summed E-state index contributed by atoms with van der Waals surface area (Å²) in [4.78, 5) is 20.1. The molecule has 0 fully saturated rings. The Kier molecular flexibility index (Phi) is 3.48. The number of aromatic amines is 1. The molecule has 2 N–H and O–H groups in total. The van der Waals surface area contributed by atoms with Crippen LogP contribution in [0.5, 0.6) is 11.5 Å². The van der Waals surface area contributed by atoms with Gasteiger partial charge in [-0.25, -0.2) is 4.98 Å². The third-order valence-electron chi connectivity index (χ3n) is 4.40. The highest BCUT2D eigenvalue weighted by atomic mass is 16.5. The summed E-state index contributed by atoms with van der Waals surface area (Å²) in [5.41, 5.74) is 2.26. The lowest BCUT2D eigenvalue weighted by atomic mass is 9.88. The zero-order valence-electron chi connectivity index (χ0n) is 13.9. The molecule has 6 heteroatoms. The predicted molar refractivity (Wildman–Crippen MR) is 89.4 cm³/mol. The smallest absolute Gasteiger partial charge is 0.271 e. The van der Waals surface area contributed by atoms with E-state index in [-0.39, 0.29) is 11.3 Å². The highest BCUT2D eigenvalue weighted by Crippen LogP contribution is 2.34. The summed E-state index contributed by atoms with van der Waals surface area (Å²) in [7, 11) is 0. The minimum absolute atomic E-state index is 0.00453. The van der Waals surface area contributed by atoms with Crippen molar-refractivity contribution >= 4 is 5.91 Å². The number of hydrogen-bond donors (Lipinski definition) is 2. The van der Waals surface area contributed by atoms with E-state index < -0.39 is 0 Å². The average molecular weight is 327 g/mol. The Labute approximate surface area is 140 Å². The lowest BCUT2D eigenvalue weighted by molar-refractivity contribution is 0.0940. The van der Waals surface area contributed by atoms with Gasteiger partial charge in [-0.3, -0.25) is 4.79 Å². The fourth-order valence-corrected chi connectivity index (χ4v) is 3.12. The highest BCUT2D eigenvalue weighted by Gasteiger charge is 2.30. The number of carbonyl (C=O) groups is 1. The second-order valence-corrected chi connectivity index (χ2v) is 7.15. The van der Waals surface area contributed by atoms with Gasteiger partial charge in [0.15, 0.2) is 11.5 Å². The van der Waals surface area contributed by atoms with E-state index in [2.05, 4.69) is 29.1 Å². The van der Waals surface area contributed by atoms with Gasteiger partial charge in [-0.1, -0.05) is 13.8 Å². The Hall–Kier alpha value is -2.50. The number of ether oxygens (including phenoxy) is 2. The van der Waals surface area contributed by atoms with Crippen molar-refractivity contribution in [3.05, 3.63) is 29.6 Å². The van der Waals surface area contributed by atoms with Crippen LogP contribution in [0.4, 0.5) is 0 Å². The molecule has 2 aromatic rings. The lowest BCUT2D eigenvalue weighted by Crippen LogP contribution is -2.32. The summed E-state index contributed by atoms with van der Waals surface area (Å²) < 4.78 is 11.4. The van der Waals surface area contributed by atoms with Crippen molar-refractivity contribution in [1.82, 2.24) is 15.3 Å². The maximum absolute atomic E-state index is 12.3. The molecule has 1 amide bonds. The van der Waals surface area contributed by atoms with Crippen LogP contribution in [-0.2, 0) is 6.42 Å². The van der Waals surface area contributed by atoms with Gasteiger partial charge >= 0.3 is 0 Å². The molecule has 0 aliphatic carbocycles. The fraction of sp³-hybridized carbons (Fsp3) is 0.444. The molecule has 126 valence electrons. The number of imidazole rings is 1. The zero-order chi connectivity index (χ0) is 16.7. The number of nitrogens with zero attached hydrogens (tertiary/aromatic N) is 1. The first-order valence-corrected chi connectivity index (χ1v) is 8.29. The van der Waals surface area contributed by atoms with E-state index in [9.17, 15) is 4.79 Å². The SMILES string of the molecule is CC1(C)CNC(=O)c2nc(-c3ccc4c(c3)OCCCO4)[nH]c2C1.